The van der Waals surface area contributed by atoms with Gasteiger partial charge < -0.3 is 27.2 Å². The van der Waals surface area contributed by atoms with E-state index < -0.39 is 6.23 Å². The molecule has 6 heteroatoms. The highest BCUT2D eigenvalue weighted by Crippen LogP contribution is 2.19. The Hall–Kier alpha value is -1.79. The van der Waals surface area contributed by atoms with E-state index in [4.69, 9.17) is 11.5 Å². The number of amides is 1. The van der Waals surface area contributed by atoms with Gasteiger partial charge >= 0.3 is 0 Å². The fourth-order valence-electron chi connectivity index (χ4n) is 1.38. The molecule has 6 nitrogen and oxygen atoms in total. The lowest BCUT2D eigenvalue weighted by molar-refractivity contribution is 0.0955. The van der Waals surface area contributed by atoms with E-state index in [1.54, 1.807) is 25.1 Å². The average molecular weight is 238 g/mol. The standard InChI is InChI=1S/C11H18N4O2/c1-7(16)15-10-3-2-8(13)6-9(10)11(17)14-5-4-12/h2-3,6-7,15-16H,4-5,12-13H2,1H3,(H,14,17). The van der Waals surface area contributed by atoms with Gasteiger partial charge in [0.1, 0.15) is 6.23 Å². The van der Waals surface area contributed by atoms with Gasteiger partial charge in [-0.25, -0.2) is 0 Å². The summed E-state index contributed by atoms with van der Waals surface area (Å²) < 4.78 is 0. The lowest BCUT2D eigenvalue weighted by Gasteiger charge is -2.14. The summed E-state index contributed by atoms with van der Waals surface area (Å²) in [7, 11) is 0. The molecule has 0 aromatic heterocycles. The zero-order valence-corrected chi connectivity index (χ0v) is 9.73. The van der Waals surface area contributed by atoms with Gasteiger partial charge in [0, 0.05) is 24.5 Å². The Morgan fingerprint density at radius 3 is 2.82 bits per heavy atom. The molecular weight excluding hydrogens is 220 g/mol. The first-order chi connectivity index (χ1) is 8.04. The normalized spacial score (nSPS) is 11.9. The van der Waals surface area contributed by atoms with Gasteiger partial charge in [-0.15, -0.1) is 0 Å². The Kier molecular flexibility index (Phi) is 4.74. The summed E-state index contributed by atoms with van der Waals surface area (Å²) >= 11 is 0. The van der Waals surface area contributed by atoms with Crippen molar-refractivity contribution < 1.29 is 9.90 Å². The molecule has 0 saturated carbocycles. The fourth-order valence-corrected chi connectivity index (χ4v) is 1.38. The summed E-state index contributed by atoms with van der Waals surface area (Å²) in [4.78, 5) is 11.8. The maximum absolute atomic E-state index is 11.8. The lowest BCUT2D eigenvalue weighted by Crippen LogP contribution is -2.30. The van der Waals surface area contributed by atoms with Crippen LogP contribution in [0.15, 0.2) is 18.2 Å². The maximum Gasteiger partial charge on any atom is 0.253 e. The van der Waals surface area contributed by atoms with E-state index in [-0.39, 0.29) is 5.91 Å². The van der Waals surface area contributed by atoms with Gasteiger partial charge in [-0.2, -0.15) is 0 Å². The van der Waals surface area contributed by atoms with Crippen LogP contribution in [-0.2, 0) is 0 Å². The average Bonchev–Trinajstić information content (AvgIpc) is 2.27. The molecule has 1 amide bonds. The molecule has 0 radical (unpaired) electrons. The van der Waals surface area contributed by atoms with E-state index in [2.05, 4.69) is 10.6 Å². The molecule has 0 bridgehead atoms. The van der Waals surface area contributed by atoms with Gasteiger partial charge in [-0.3, -0.25) is 4.79 Å². The van der Waals surface area contributed by atoms with Crippen molar-refractivity contribution in [3.05, 3.63) is 23.8 Å². The largest absolute Gasteiger partial charge is 0.399 e. The smallest absolute Gasteiger partial charge is 0.253 e. The summed E-state index contributed by atoms with van der Waals surface area (Å²) in [5.74, 6) is -0.272. The number of hydrogen-bond donors (Lipinski definition) is 5. The Labute approximate surface area is 100.0 Å². The molecule has 1 aromatic carbocycles. The number of hydrogen-bond acceptors (Lipinski definition) is 5. The summed E-state index contributed by atoms with van der Waals surface area (Å²) in [5.41, 5.74) is 12.3. The number of anilines is 2. The van der Waals surface area contributed by atoms with E-state index in [1.165, 1.54) is 0 Å². The second-order valence-electron chi connectivity index (χ2n) is 3.67. The van der Waals surface area contributed by atoms with Crippen molar-refractivity contribution in [3.63, 3.8) is 0 Å². The zero-order chi connectivity index (χ0) is 12.8. The van der Waals surface area contributed by atoms with Crippen LogP contribution in [0.5, 0.6) is 0 Å². The van der Waals surface area contributed by atoms with Crippen LogP contribution in [-0.4, -0.2) is 30.3 Å². The van der Waals surface area contributed by atoms with Gasteiger partial charge in [-0.05, 0) is 25.1 Å². The SMILES string of the molecule is CC(O)Nc1ccc(N)cc1C(=O)NCCN. The van der Waals surface area contributed by atoms with Crippen LogP contribution in [0.3, 0.4) is 0 Å². The first kappa shape index (κ1) is 13.3. The van der Waals surface area contributed by atoms with Crippen molar-refractivity contribution >= 4 is 17.3 Å². The molecule has 0 fully saturated rings. The van der Waals surface area contributed by atoms with Crippen LogP contribution in [0.1, 0.15) is 17.3 Å². The van der Waals surface area contributed by atoms with Crippen LogP contribution in [0, 0.1) is 0 Å². The maximum atomic E-state index is 11.8. The van der Waals surface area contributed by atoms with Crippen LogP contribution in [0.25, 0.3) is 0 Å². The molecule has 7 N–H and O–H groups in total. The summed E-state index contributed by atoms with van der Waals surface area (Å²) in [5, 5.41) is 14.7. The fraction of sp³-hybridized carbons (Fsp3) is 0.364. The van der Waals surface area contributed by atoms with Gasteiger partial charge in [0.2, 0.25) is 0 Å². The van der Waals surface area contributed by atoms with E-state index in [9.17, 15) is 9.90 Å². The molecule has 1 rings (SSSR count). The molecule has 1 atom stereocenters. The predicted molar refractivity (Wildman–Crippen MR) is 67.5 cm³/mol. The highest BCUT2D eigenvalue weighted by molar-refractivity contribution is 6.00. The number of nitrogen functional groups attached to an aromatic ring is 1. The Morgan fingerprint density at radius 2 is 2.24 bits per heavy atom. The van der Waals surface area contributed by atoms with Crippen molar-refractivity contribution in [2.75, 3.05) is 24.1 Å². The monoisotopic (exact) mass is 238 g/mol. The van der Waals surface area contributed by atoms with E-state index >= 15 is 0 Å². The lowest BCUT2D eigenvalue weighted by atomic mass is 10.1. The van der Waals surface area contributed by atoms with Crippen molar-refractivity contribution in [3.8, 4) is 0 Å². The number of benzene rings is 1. The quantitative estimate of drug-likeness (QED) is 0.357. The first-order valence-electron chi connectivity index (χ1n) is 5.37. The number of carbonyl (C=O) groups excluding carboxylic acids is 1. The minimum Gasteiger partial charge on any atom is -0.399 e. The van der Waals surface area contributed by atoms with Gasteiger partial charge in [0.25, 0.3) is 5.91 Å². The highest BCUT2D eigenvalue weighted by atomic mass is 16.3. The molecule has 0 aliphatic rings. The van der Waals surface area contributed by atoms with E-state index in [1.807, 2.05) is 0 Å². The van der Waals surface area contributed by atoms with Crippen LogP contribution >= 0.6 is 0 Å². The van der Waals surface area contributed by atoms with Crippen molar-refractivity contribution in [2.45, 2.75) is 13.2 Å². The molecule has 1 aromatic rings. The highest BCUT2D eigenvalue weighted by Gasteiger charge is 2.12. The van der Waals surface area contributed by atoms with Crippen LogP contribution in [0.4, 0.5) is 11.4 Å². The zero-order valence-electron chi connectivity index (χ0n) is 9.73. The molecule has 17 heavy (non-hydrogen) atoms. The van der Waals surface area contributed by atoms with Gasteiger partial charge in [-0.1, -0.05) is 0 Å². The summed E-state index contributed by atoms with van der Waals surface area (Å²) in [6.45, 7) is 2.33. The third-order valence-corrected chi connectivity index (χ3v) is 2.08. The molecule has 0 saturated heterocycles. The minimum absolute atomic E-state index is 0.272. The van der Waals surface area contributed by atoms with Crippen molar-refractivity contribution in [1.29, 1.82) is 0 Å². The molecule has 0 aliphatic heterocycles. The number of nitrogens with one attached hydrogen (secondary N) is 2. The van der Waals surface area contributed by atoms with Gasteiger partial charge in [0.05, 0.1) is 5.56 Å². The number of aliphatic hydroxyl groups is 1. The molecule has 0 spiro atoms. The predicted octanol–water partition coefficient (Wildman–Crippen LogP) is -0.292. The minimum atomic E-state index is -0.750. The number of nitrogens with two attached hydrogens (primary N) is 2. The van der Waals surface area contributed by atoms with Crippen LogP contribution in [0.2, 0.25) is 0 Å². The third kappa shape index (κ3) is 3.93. The second kappa shape index (κ2) is 6.07. The van der Waals surface area contributed by atoms with E-state index in [0.717, 1.165) is 0 Å². The molecule has 0 aliphatic carbocycles. The number of aliphatic hydroxyl groups excluding tert-OH is 1. The van der Waals surface area contributed by atoms with Gasteiger partial charge in [0.15, 0.2) is 0 Å². The molecule has 1 unspecified atom stereocenters. The molecular formula is C11H18N4O2. The second-order valence-corrected chi connectivity index (χ2v) is 3.67. The Balaban J connectivity index is 2.93. The molecule has 0 heterocycles. The van der Waals surface area contributed by atoms with Crippen molar-refractivity contribution in [1.82, 2.24) is 5.32 Å². The Morgan fingerprint density at radius 1 is 1.53 bits per heavy atom. The Bertz CT molecular complexity index is 393. The van der Waals surface area contributed by atoms with Crippen LogP contribution < -0.4 is 22.1 Å². The first-order valence-corrected chi connectivity index (χ1v) is 5.37. The number of carbonyl (C=O) groups is 1. The number of rotatable bonds is 5. The third-order valence-electron chi connectivity index (χ3n) is 2.08. The summed E-state index contributed by atoms with van der Waals surface area (Å²) in [6.07, 6.45) is -0.750. The van der Waals surface area contributed by atoms with E-state index in [0.29, 0.717) is 30.0 Å². The topological polar surface area (TPSA) is 113 Å². The van der Waals surface area contributed by atoms with Crippen molar-refractivity contribution in [2.24, 2.45) is 5.73 Å². The summed E-state index contributed by atoms with van der Waals surface area (Å²) in [6, 6.07) is 4.86. The molecule has 94 valence electrons.